The Bertz CT molecular complexity index is 949. The van der Waals surface area contributed by atoms with Crippen LogP contribution >= 0.6 is 11.3 Å². The van der Waals surface area contributed by atoms with E-state index in [4.69, 9.17) is 0 Å². The lowest BCUT2D eigenvalue weighted by Crippen LogP contribution is -2.32. The molecule has 3 N–H and O–H groups in total. The molecule has 0 fully saturated rings. The first-order valence-corrected chi connectivity index (χ1v) is 8.75. The van der Waals surface area contributed by atoms with E-state index in [-0.39, 0.29) is 18.0 Å². The second kappa shape index (κ2) is 7.43. The first kappa shape index (κ1) is 17.1. The van der Waals surface area contributed by atoms with Crippen LogP contribution in [0.4, 0.5) is 5.69 Å². The van der Waals surface area contributed by atoms with E-state index < -0.39 is 0 Å². The maximum Gasteiger partial charge on any atom is 0.259 e. The van der Waals surface area contributed by atoms with Crippen LogP contribution in [0.3, 0.4) is 0 Å². The quantitative estimate of drug-likeness (QED) is 0.624. The molecule has 1 amide bonds. The van der Waals surface area contributed by atoms with E-state index in [1.165, 1.54) is 11.3 Å². The fourth-order valence-electron chi connectivity index (χ4n) is 2.45. The number of aryl methyl sites for hydroxylation is 2. The minimum atomic E-state index is -0.130. The smallest absolute Gasteiger partial charge is 0.259 e. The van der Waals surface area contributed by atoms with Crippen LogP contribution in [-0.4, -0.2) is 33.9 Å². The number of nitrogens with zero attached hydrogens (tertiary/aromatic N) is 2. The van der Waals surface area contributed by atoms with Gasteiger partial charge < -0.3 is 15.6 Å². The second-order valence-electron chi connectivity index (χ2n) is 5.67. The van der Waals surface area contributed by atoms with Gasteiger partial charge in [0.25, 0.3) is 5.56 Å². The van der Waals surface area contributed by atoms with Gasteiger partial charge in [-0.05, 0) is 31.5 Å². The first-order valence-electron chi connectivity index (χ1n) is 7.94. The van der Waals surface area contributed by atoms with Crippen LogP contribution < -0.4 is 16.2 Å². The molecular formula is C17H19N5O2S. The number of fused-ring (bicyclic) bond motifs is 1. The second-order valence-corrected chi connectivity index (χ2v) is 6.87. The van der Waals surface area contributed by atoms with Crippen LogP contribution in [0.2, 0.25) is 0 Å². The highest BCUT2D eigenvalue weighted by Crippen LogP contribution is 2.25. The van der Waals surface area contributed by atoms with Crippen molar-refractivity contribution < 1.29 is 4.79 Å². The van der Waals surface area contributed by atoms with E-state index >= 15 is 0 Å². The van der Waals surface area contributed by atoms with Gasteiger partial charge in [0.05, 0.1) is 17.6 Å². The minimum absolute atomic E-state index is 0.119. The molecule has 25 heavy (non-hydrogen) atoms. The lowest BCUT2D eigenvalue weighted by molar-refractivity contribution is -0.119. The van der Waals surface area contributed by atoms with Gasteiger partial charge in [0, 0.05) is 30.2 Å². The van der Waals surface area contributed by atoms with Gasteiger partial charge in [-0.15, -0.1) is 11.3 Å². The van der Waals surface area contributed by atoms with Gasteiger partial charge in [0.2, 0.25) is 5.91 Å². The van der Waals surface area contributed by atoms with Crippen LogP contribution in [0.5, 0.6) is 0 Å². The number of aromatic amines is 1. The molecule has 0 bridgehead atoms. The molecule has 0 saturated heterocycles. The van der Waals surface area contributed by atoms with Crippen LogP contribution in [0, 0.1) is 13.8 Å². The third-order valence-corrected chi connectivity index (χ3v) is 4.99. The summed E-state index contributed by atoms with van der Waals surface area (Å²) in [6.45, 7) is 4.49. The molecule has 0 aliphatic rings. The third-order valence-electron chi connectivity index (χ3n) is 3.89. The summed E-state index contributed by atoms with van der Waals surface area (Å²) in [5.74, 6) is 0.453. The highest BCUT2D eigenvalue weighted by Gasteiger charge is 2.11. The monoisotopic (exact) mass is 357 g/mol. The molecule has 3 rings (SSSR count). The standard InChI is InChI=1S/C17H19N5O2S/c1-10-11(2)25-17-15(10)16(24)21-13(22-17)5-7-19-14(23)9-20-12-4-3-6-18-8-12/h3-4,6,8,20H,5,7,9H2,1-2H3,(H,19,23)(H,21,22,24). The summed E-state index contributed by atoms with van der Waals surface area (Å²) in [5, 5.41) is 6.46. The number of carbonyl (C=O) groups excluding carboxylic acids is 1. The Morgan fingerprint density at radius 1 is 1.36 bits per heavy atom. The van der Waals surface area contributed by atoms with E-state index in [0.717, 1.165) is 21.0 Å². The molecule has 8 heteroatoms. The Morgan fingerprint density at radius 3 is 2.96 bits per heavy atom. The Labute approximate surface area is 148 Å². The van der Waals surface area contributed by atoms with Crippen molar-refractivity contribution >= 4 is 33.1 Å². The van der Waals surface area contributed by atoms with Crippen LogP contribution in [-0.2, 0) is 11.2 Å². The predicted octanol–water partition coefficient (Wildman–Crippen LogP) is 1.77. The van der Waals surface area contributed by atoms with Crippen molar-refractivity contribution in [3.8, 4) is 0 Å². The topological polar surface area (TPSA) is 99.8 Å². The van der Waals surface area contributed by atoms with Gasteiger partial charge in [-0.1, -0.05) is 0 Å². The van der Waals surface area contributed by atoms with E-state index in [1.807, 2.05) is 19.9 Å². The Kier molecular flexibility index (Phi) is 5.08. The van der Waals surface area contributed by atoms with E-state index in [9.17, 15) is 9.59 Å². The lowest BCUT2D eigenvalue weighted by atomic mass is 10.2. The summed E-state index contributed by atoms with van der Waals surface area (Å²) in [6.07, 6.45) is 3.80. The van der Waals surface area contributed by atoms with Gasteiger partial charge in [0.15, 0.2) is 0 Å². The number of anilines is 1. The average molecular weight is 357 g/mol. The van der Waals surface area contributed by atoms with Crippen LogP contribution in [0.25, 0.3) is 10.2 Å². The number of aromatic nitrogens is 3. The molecule has 0 aromatic carbocycles. The summed E-state index contributed by atoms with van der Waals surface area (Å²) in [6, 6.07) is 3.64. The molecule has 7 nitrogen and oxygen atoms in total. The van der Waals surface area contributed by atoms with Gasteiger partial charge in [-0.25, -0.2) is 4.98 Å². The molecule has 0 radical (unpaired) electrons. The minimum Gasteiger partial charge on any atom is -0.375 e. The fourth-order valence-corrected chi connectivity index (χ4v) is 3.50. The zero-order chi connectivity index (χ0) is 17.8. The summed E-state index contributed by atoms with van der Waals surface area (Å²) < 4.78 is 0. The largest absolute Gasteiger partial charge is 0.375 e. The van der Waals surface area contributed by atoms with Crippen molar-refractivity contribution in [2.45, 2.75) is 20.3 Å². The number of nitrogens with one attached hydrogen (secondary N) is 3. The number of hydrogen-bond acceptors (Lipinski definition) is 6. The molecule has 0 aliphatic carbocycles. The molecule has 0 spiro atoms. The average Bonchev–Trinajstić information content (AvgIpc) is 2.88. The Balaban J connectivity index is 1.54. The summed E-state index contributed by atoms with van der Waals surface area (Å²) >= 11 is 1.52. The molecule has 130 valence electrons. The third kappa shape index (κ3) is 4.03. The number of hydrogen-bond donors (Lipinski definition) is 3. The van der Waals surface area contributed by atoms with Crippen molar-refractivity contribution in [1.82, 2.24) is 20.3 Å². The SMILES string of the molecule is Cc1sc2nc(CCNC(=O)CNc3cccnc3)[nH]c(=O)c2c1C. The number of amides is 1. The van der Waals surface area contributed by atoms with Gasteiger partial charge in [-0.2, -0.15) is 0 Å². The van der Waals surface area contributed by atoms with Crippen molar-refractivity contribution in [2.24, 2.45) is 0 Å². The number of thiophene rings is 1. The fraction of sp³-hybridized carbons (Fsp3) is 0.294. The number of carbonyl (C=O) groups is 1. The number of pyridine rings is 1. The molecule has 3 aromatic rings. The number of H-pyrrole nitrogens is 1. The van der Waals surface area contributed by atoms with Crippen LogP contribution in [0.1, 0.15) is 16.3 Å². The maximum atomic E-state index is 12.2. The zero-order valence-corrected chi connectivity index (χ0v) is 14.9. The highest BCUT2D eigenvalue weighted by atomic mass is 32.1. The summed E-state index contributed by atoms with van der Waals surface area (Å²) in [5.41, 5.74) is 1.65. The molecule has 0 atom stereocenters. The Morgan fingerprint density at radius 2 is 2.20 bits per heavy atom. The van der Waals surface area contributed by atoms with Gasteiger partial charge in [0.1, 0.15) is 10.7 Å². The molecule has 0 unspecified atom stereocenters. The normalized spacial score (nSPS) is 10.8. The maximum absolute atomic E-state index is 12.2. The van der Waals surface area contributed by atoms with E-state index in [1.54, 1.807) is 18.5 Å². The van der Waals surface area contributed by atoms with Crippen molar-refractivity contribution in [3.63, 3.8) is 0 Å². The molecule has 3 aromatic heterocycles. The number of rotatable bonds is 6. The van der Waals surface area contributed by atoms with Crippen LogP contribution in [0.15, 0.2) is 29.3 Å². The molecule has 0 aliphatic heterocycles. The molecular weight excluding hydrogens is 338 g/mol. The van der Waals surface area contributed by atoms with Crippen molar-refractivity contribution in [1.29, 1.82) is 0 Å². The van der Waals surface area contributed by atoms with E-state index in [0.29, 0.717) is 24.2 Å². The Hall–Kier alpha value is -2.74. The zero-order valence-electron chi connectivity index (χ0n) is 14.0. The molecule has 0 saturated carbocycles. The van der Waals surface area contributed by atoms with Gasteiger partial charge in [-0.3, -0.25) is 14.6 Å². The van der Waals surface area contributed by atoms with E-state index in [2.05, 4.69) is 25.6 Å². The summed E-state index contributed by atoms with van der Waals surface area (Å²) in [7, 11) is 0. The highest BCUT2D eigenvalue weighted by molar-refractivity contribution is 7.18. The predicted molar refractivity (Wildman–Crippen MR) is 99.2 cm³/mol. The lowest BCUT2D eigenvalue weighted by Gasteiger charge is -2.07. The molecule has 3 heterocycles. The van der Waals surface area contributed by atoms with Crippen molar-refractivity contribution in [2.75, 3.05) is 18.4 Å². The van der Waals surface area contributed by atoms with Gasteiger partial charge >= 0.3 is 0 Å². The van der Waals surface area contributed by atoms with Crippen molar-refractivity contribution in [3.05, 3.63) is 51.1 Å². The summed E-state index contributed by atoms with van der Waals surface area (Å²) in [4.78, 5) is 37.2. The first-order chi connectivity index (χ1) is 12.0.